The molecule has 0 atom stereocenters. The highest BCUT2D eigenvalue weighted by atomic mass is 16.2. The second-order valence-corrected chi connectivity index (χ2v) is 4.34. The monoisotopic (exact) mass is 260 g/mol. The van der Waals surface area contributed by atoms with Crippen molar-refractivity contribution < 1.29 is 5.11 Å². The summed E-state index contributed by atoms with van der Waals surface area (Å²) in [4.78, 5) is 0. The van der Waals surface area contributed by atoms with Crippen molar-refractivity contribution in [2.75, 3.05) is 6.61 Å². The third-order valence-corrected chi connectivity index (χ3v) is 2.50. The van der Waals surface area contributed by atoms with Crippen molar-refractivity contribution in [2.45, 2.75) is 45.4 Å². The quantitative estimate of drug-likeness (QED) is 0.310. The van der Waals surface area contributed by atoms with Crippen LogP contribution in [-0.2, 0) is 0 Å². The molecule has 0 aromatic rings. The van der Waals surface area contributed by atoms with Crippen LogP contribution in [0.4, 0.5) is 0 Å². The molecule has 0 amide bonds. The van der Waals surface area contributed by atoms with Crippen LogP contribution in [0.5, 0.6) is 0 Å². The molecule has 0 radical (unpaired) electrons. The van der Waals surface area contributed by atoms with Crippen LogP contribution in [0.1, 0.15) is 45.4 Å². The van der Waals surface area contributed by atoms with Gasteiger partial charge in [-0.25, -0.2) is 0 Å². The third kappa shape index (κ3) is 16.7. The van der Waals surface area contributed by atoms with Gasteiger partial charge in [-0.1, -0.05) is 74.1 Å². The van der Waals surface area contributed by atoms with Gasteiger partial charge in [0.25, 0.3) is 0 Å². The topological polar surface area (TPSA) is 20.2 Å². The van der Waals surface area contributed by atoms with Crippen molar-refractivity contribution in [1.29, 1.82) is 0 Å². The molecule has 1 nitrogen and oxygen atoms in total. The molecule has 0 aromatic heterocycles. The molecule has 0 aromatic carbocycles. The highest BCUT2D eigenvalue weighted by molar-refractivity contribution is 5.15. The summed E-state index contributed by atoms with van der Waals surface area (Å²) in [5.74, 6) is 0. The molecule has 0 aliphatic rings. The largest absolute Gasteiger partial charge is 0.396 e. The lowest BCUT2D eigenvalue weighted by molar-refractivity contribution is 0.285. The Labute approximate surface area is 118 Å². The highest BCUT2D eigenvalue weighted by Crippen LogP contribution is 1.97. The van der Waals surface area contributed by atoms with Gasteiger partial charge in [-0.05, 0) is 32.1 Å². The molecular weight excluding hydrogens is 232 g/mol. The Morgan fingerprint density at radius 1 is 0.684 bits per heavy atom. The van der Waals surface area contributed by atoms with E-state index in [4.69, 9.17) is 5.11 Å². The first-order chi connectivity index (χ1) is 9.41. The molecule has 0 spiro atoms. The zero-order chi connectivity index (χ0) is 14.0. The van der Waals surface area contributed by atoms with E-state index in [-0.39, 0.29) is 0 Å². The average Bonchev–Trinajstić information content (AvgIpc) is 2.43. The maximum atomic E-state index is 8.62. The Kier molecular flexibility index (Phi) is 15.5. The minimum Gasteiger partial charge on any atom is -0.396 e. The molecule has 106 valence electrons. The third-order valence-electron chi connectivity index (χ3n) is 2.50. The van der Waals surface area contributed by atoms with Crippen molar-refractivity contribution >= 4 is 0 Å². The van der Waals surface area contributed by atoms with E-state index in [1.165, 1.54) is 6.42 Å². The van der Waals surface area contributed by atoms with Gasteiger partial charge >= 0.3 is 0 Å². The predicted octanol–water partition coefficient (Wildman–Crippen LogP) is 5.12. The first kappa shape index (κ1) is 17.7. The fraction of sp³-hybridized carbons (Fsp3) is 0.444. The van der Waals surface area contributed by atoms with Crippen molar-refractivity contribution in [2.24, 2.45) is 0 Å². The molecule has 1 heteroatoms. The lowest BCUT2D eigenvalue weighted by Gasteiger charge is -1.90. The predicted molar refractivity (Wildman–Crippen MR) is 86.2 cm³/mol. The Balaban J connectivity index is 3.51. The Morgan fingerprint density at radius 2 is 1.37 bits per heavy atom. The van der Waals surface area contributed by atoms with Gasteiger partial charge in [0.2, 0.25) is 0 Å². The fourth-order valence-electron chi connectivity index (χ4n) is 1.42. The second kappa shape index (κ2) is 16.7. The van der Waals surface area contributed by atoms with Gasteiger partial charge in [-0.3, -0.25) is 0 Å². The molecule has 1 N–H and O–H groups in total. The fourth-order valence-corrected chi connectivity index (χ4v) is 1.42. The van der Waals surface area contributed by atoms with Gasteiger partial charge in [0.15, 0.2) is 0 Å². The van der Waals surface area contributed by atoms with E-state index in [0.717, 1.165) is 32.1 Å². The van der Waals surface area contributed by atoms with Gasteiger partial charge < -0.3 is 5.11 Å². The van der Waals surface area contributed by atoms with Crippen LogP contribution in [0.3, 0.4) is 0 Å². The summed E-state index contributed by atoms with van der Waals surface area (Å²) in [6.45, 7) is 2.49. The number of unbranched alkanes of at least 4 members (excludes halogenated alkanes) is 3. The van der Waals surface area contributed by atoms with Crippen molar-refractivity contribution in [3.8, 4) is 0 Å². The number of allylic oxidation sites excluding steroid dienone is 10. The van der Waals surface area contributed by atoms with E-state index in [1.807, 2.05) is 18.2 Å². The van der Waals surface area contributed by atoms with E-state index < -0.39 is 0 Å². The Hall–Kier alpha value is -1.34. The number of hydrogen-bond donors (Lipinski definition) is 1. The number of hydrogen-bond acceptors (Lipinski definition) is 1. The summed E-state index contributed by atoms with van der Waals surface area (Å²) in [5.41, 5.74) is 0. The van der Waals surface area contributed by atoms with Gasteiger partial charge in [0, 0.05) is 6.61 Å². The van der Waals surface area contributed by atoms with E-state index in [0.29, 0.717) is 6.61 Å². The molecule has 0 rings (SSSR count). The smallest absolute Gasteiger partial charge is 0.0431 e. The maximum Gasteiger partial charge on any atom is 0.0431 e. The van der Waals surface area contributed by atoms with Gasteiger partial charge in [0.1, 0.15) is 0 Å². The van der Waals surface area contributed by atoms with Crippen molar-refractivity contribution in [1.82, 2.24) is 0 Å². The normalized spacial score (nSPS) is 13.2. The van der Waals surface area contributed by atoms with Crippen LogP contribution in [0.15, 0.2) is 60.8 Å². The molecular formula is C18H28O. The molecule has 0 saturated carbocycles. The van der Waals surface area contributed by atoms with Gasteiger partial charge in [-0.2, -0.15) is 0 Å². The number of aliphatic hydroxyl groups excluding tert-OH is 1. The van der Waals surface area contributed by atoms with Gasteiger partial charge in [0.05, 0.1) is 0 Å². The zero-order valence-electron chi connectivity index (χ0n) is 12.2. The minimum atomic E-state index is 0.305. The second-order valence-electron chi connectivity index (χ2n) is 4.34. The summed E-state index contributed by atoms with van der Waals surface area (Å²) >= 11 is 0. The maximum absolute atomic E-state index is 8.62. The van der Waals surface area contributed by atoms with E-state index in [2.05, 4.69) is 49.5 Å². The summed E-state index contributed by atoms with van der Waals surface area (Å²) in [6.07, 6.45) is 27.4. The van der Waals surface area contributed by atoms with E-state index >= 15 is 0 Å². The molecule has 0 aliphatic heterocycles. The van der Waals surface area contributed by atoms with Gasteiger partial charge in [-0.15, -0.1) is 0 Å². The van der Waals surface area contributed by atoms with Crippen LogP contribution in [-0.4, -0.2) is 11.7 Å². The molecule has 0 heterocycles. The Bertz CT molecular complexity index is 306. The molecule has 0 unspecified atom stereocenters. The molecule has 0 saturated heterocycles. The van der Waals surface area contributed by atoms with Crippen LogP contribution in [0.25, 0.3) is 0 Å². The van der Waals surface area contributed by atoms with Crippen LogP contribution < -0.4 is 0 Å². The molecule has 0 bridgehead atoms. The highest BCUT2D eigenvalue weighted by Gasteiger charge is 1.81. The number of aliphatic hydroxyl groups is 1. The summed E-state index contributed by atoms with van der Waals surface area (Å²) < 4.78 is 0. The SMILES string of the molecule is CCC\C=C/C=C/C=C/C=C\C/C=C\CCCCO. The Morgan fingerprint density at radius 3 is 2.05 bits per heavy atom. The van der Waals surface area contributed by atoms with Crippen LogP contribution >= 0.6 is 0 Å². The average molecular weight is 260 g/mol. The first-order valence-corrected chi connectivity index (χ1v) is 7.32. The van der Waals surface area contributed by atoms with E-state index in [1.54, 1.807) is 0 Å². The van der Waals surface area contributed by atoms with Crippen LogP contribution in [0.2, 0.25) is 0 Å². The first-order valence-electron chi connectivity index (χ1n) is 7.32. The summed E-state index contributed by atoms with van der Waals surface area (Å²) in [5, 5.41) is 8.62. The molecule has 0 fully saturated rings. The number of rotatable bonds is 11. The summed E-state index contributed by atoms with van der Waals surface area (Å²) in [6, 6.07) is 0. The van der Waals surface area contributed by atoms with Crippen molar-refractivity contribution in [3.05, 3.63) is 60.8 Å². The zero-order valence-corrected chi connectivity index (χ0v) is 12.2. The van der Waals surface area contributed by atoms with Crippen molar-refractivity contribution in [3.63, 3.8) is 0 Å². The van der Waals surface area contributed by atoms with Crippen LogP contribution in [0, 0.1) is 0 Å². The standard InChI is InChI=1S/C18H28O/c1-2-3-4-5-6-7-8-9-10-11-12-13-14-15-16-17-18-19/h4-11,13-14,19H,2-3,12,15-18H2,1H3/b5-4-,7-6+,9-8+,11-10-,14-13-. The lowest BCUT2D eigenvalue weighted by Crippen LogP contribution is -1.79. The minimum absolute atomic E-state index is 0.305. The molecule has 0 aliphatic carbocycles. The lowest BCUT2D eigenvalue weighted by atomic mass is 10.2. The van der Waals surface area contributed by atoms with E-state index in [9.17, 15) is 0 Å². The molecule has 19 heavy (non-hydrogen) atoms. The summed E-state index contributed by atoms with van der Waals surface area (Å²) in [7, 11) is 0.